The molecule has 6 heteroatoms. The molecule has 2 heterocycles. The Labute approximate surface area is 161 Å². The van der Waals surface area contributed by atoms with E-state index in [1.54, 1.807) is 0 Å². The summed E-state index contributed by atoms with van der Waals surface area (Å²) in [4.78, 5) is 43.0. The molecule has 2 fully saturated rings. The zero-order chi connectivity index (χ0) is 19.6. The van der Waals surface area contributed by atoms with Gasteiger partial charge in [-0.25, -0.2) is 0 Å². The van der Waals surface area contributed by atoms with Crippen LogP contribution in [-0.4, -0.2) is 65.1 Å². The first-order valence-corrected chi connectivity index (χ1v) is 9.80. The van der Waals surface area contributed by atoms with Gasteiger partial charge in [-0.2, -0.15) is 0 Å². The number of nitrogens with zero attached hydrogens (tertiary/aromatic N) is 3. The molecule has 2 aliphatic heterocycles. The Morgan fingerprint density at radius 1 is 0.963 bits per heavy atom. The number of hydrogen-bond donors (Lipinski definition) is 0. The van der Waals surface area contributed by atoms with Gasteiger partial charge in [-0.3, -0.25) is 14.4 Å². The monoisotopic (exact) mass is 371 g/mol. The summed E-state index contributed by atoms with van der Waals surface area (Å²) in [6, 6.07) is 9.88. The summed E-state index contributed by atoms with van der Waals surface area (Å²) in [6.45, 7) is 8.53. The molecule has 3 rings (SSSR count). The van der Waals surface area contributed by atoms with Crippen LogP contribution in [0.1, 0.15) is 38.8 Å². The fraction of sp³-hybridized carbons (Fsp3) is 0.571. The van der Waals surface area contributed by atoms with Gasteiger partial charge in [0.2, 0.25) is 17.7 Å². The van der Waals surface area contributed by atoms with Gasteiger partial charge < -0.3 is 14.7 Å². The highest BCUT2D eigenvalue weighted by Crippen LogP contribution is 2.29. The van der Waals surface area contributed by atoms with Gasteiger partial charge in [0.15, 0.2) is 0 Å². The second-order valence-electron chi connectivity index (χ2n) is 7.84. The minimum Gasteiger partial charge on any atom is -0.339 e. The largest absolute Gasteiger partial charge is 0.339 e. The highest BCUT2D eigenvalue weighted by Gasteiger charge is 2.39. The van der Waals surface area contributed by atoms with Crippen molar-refractivity contribution in [3.8, 4) is 0 Å². The Morgan fingerprint density at radius 2 is 1.56 bits per heavy atom. The smallest absolute Gasteiger partial charge is 0.228 e. The highest BCUT2D eigenvalue weighted by atomic mass is 16.2. The predicted octanol–water partition coefficient (Wildman–Crippen LogP) is 1.92. The number of carbonyl (C=O) groups is 3. The van der Waals surface area contributed by atoms with Crippen molar-refractivity contribution < 1.29 is 14.4 Å². The van der Waals surface area contributed by atoms with Crippen LogP contribution in [0.5, 0.6) is 0 Å². The van der Waals surface area contributed by atoms with Crippen molar-refractivity contribution in [2.45, 2.75) is 33.2 Å². The lowest BCUT2D eigenvalue weighted by atomic mass is 10.1. The molecule has 0 unspecified atom stereocenters. The average Bonchev–Trinajstić information content (AvgIpc) is 3.08. The second kappa shape index (κ2) is 8.11. The number of amides is 3. The molecule has 2 aliphatic rings. The maximum absolute atomic E-state index is 12.9. The zero-order valence-corrected chi connectivity index (χ0v) is 16.4. The van der Waals surface area contributed by atoms with E-state index in [1.165, 1.54) is 0 Å². The van der Waals surface area contributed by atoms with Crippen LogP contribution in [0.2, 0.25) is 0 Å². The van der Waals surface area contributed by atoms with E-state index < -0.39 is 0 Å². The molecule has 1 aromatic rings. The molecule has 3 amide bonds. The Bertz CT molecular complexity index is 696. The molecule has 0 spiro atoms. The van der Waals surface area contributed by atoms with E-state index in [-0.39, 0.29) is 42.0 Å². The van der Waals surface area contributed by atoms with Crippen LogP contribution in [0.15, 0.2) is 30.3 Å². The Morgan fingerprint density at radius 3 is 2.15 bits per heavy atom. The van der Waals surface area contributed by atoms with Crippen LogP contribution in [0.25, 0.3) is 0 Å². The quantitative estimate of drug-likeness (QED) is 0.812. The molecule has 2 atom stereocenters. The standard InChI is InChI=1S/C21H29N3O3/c1-15(2)20(26)22-9-11-23(12-10-22)21(27)18-13-19(25)24(14-18)16(3)17-7-5-4-6-8-17/h4-8,15-16,18H,9-14H2,1-3H3/t16-,18+/m1/s1. The van der Waals surface area contributed by atoms with Gasteiger partial charge in [0.1, 0.15) is 0 Å². The van der Waals surface area contributed by atoms with Gasteiger partial charge in [-0.1, -0.05) is 44.2 Å². The Hall–Kier alpha value is -2.37. The number of hydrogen-bond acceptors (Lipinski definition) is 3. The summed E-state index contributed by atoms with van der Waals surface area (Å²) in [5, 5.41) is 0. The van der Waals surface area contributed by atoms with Crippen LogP contribution >= 0.6 is 0 Å². The Balaban J connectivity index is 1.58. The highest BCUT2D eigenvalue weighted by molar-refractivity contribution is 5.89. The van der Waals surface area contributed by atoms with Crippen LogP contribution < -0.4 is 0 Å². The maximum atomic E-state index is 12.9. The molecule has 146 valence electrons. The summed E-state index contributed by atoms with van der Waals surface area (Å²) >= 11 is 0. The van der Waals surface area contributed by atoms with E-state index in [1.807, 2.05) is 65.8 Å². The molecular formula is C21H29N3O3. The summed E-state index contributed by atoms with van der Waals surface area (Å²) in [7, 11) is 0. The van der Waals surface area contributed by atoms with Crippen LogP contribution in [0.4, 0.5) is 0 Å². The fourth-order valence-electron chi connectivity index (χ4n) is 3.95. The first kappa shape index (κ1) is 19.4. The summed E-state index contributed by atoms with van der Waals surface area (Å²) in [6.07, 6.45) is 0.279. The van der Waals surface area contributed by atoms with Crippen LogP contribution in [0.3, 0.4) is 0 Å². The first-order chi connectivity index (χ1) is 12.9. The fourth-order valence-corrected chi connectivity index (χ4v) is 3.95. The molecule has 2 saturated heterocycles. The van der Waals surface area contributed by atoms with Crippen molar-refractivity contribution in [3.05, 3.63) is 35.9 Å². The van der Waals surface area contributed by atoms with Gasteiger partial charge >= 0.3 is 0 Å². The minimum absolute atomic E-state index is 0.0206. The maximum Gasteiger partial charge on any atom is 0.228 e. The van der Waals surface area contributed by atoms with Gasteiger partial charge in [-0.05, 0) is 12.5 Å². The minimum atomic E-state index is -0.281. The lowest BCUT2D eigenvalue weighted by Crippen LogP contribution is -2.53. The molecule has 0 N–H and O–H groups in total. The number of piperazine rings is 1. The molecule has 0 aromatic heterocycles. The summed E-state index contributed by atoms with van der Waals surface area (Å²) < 4.78 is 0. The van der Waals surface area contributed by atoms with Gasteiger partial charge in [0, 0.05) is 45.1 Å². The number of carbonyl (C=O) groups excluding carboxylic acids is 3. The third-order valence-electron chi connectivity index (χ3n) is 5.65. The van der Waals surface area contributed by atoms with Crippen molar-refractivity contribution in [1.82, 2.24) is 14.7 Å². The second-order valence-corrected chi connectivity index (χ2v) is 7.84. The summed E-state index contributed by atoms with van der Waals surface area (Å²) in [5.41, 5.74) is 1.08. The summed E-state index contributed by atoms with van der Waals surface area (Å²) in [5.74, 6) is -0.0779. The molecule has 6 nitrogen and oxygen atoms in total. The first-order valence-electron chi connectivity index (χ1n) is 9.80. The topological polar surface area (TPSA) is 60.9 Å². The number of rotatable bonds is 4. The molecule has 0 radical (unpaired) electrons. The third kappa shape index (κ3) is 4.15. The molecule has 0 saturated carbocycles. The molecule has 27 heavy (non-hydrogen) atoms. The van der Waals surface area contributed by atoms with Crippen molar-refractivity contribution in [1.29, 1.82) is 0 Å². The molecule has 0 bridgehead atoms. The Kier molecular flexibility index (Phi) is 5.82. The van der Waals surface area contributed by atoms with Gasteiger partial charge in [0.05, 0.1) is 12.0 Å². The van der Waals surface area contributed by atoms with Crippen molar-refractivity contribution in [2.24, 2.45) is 11.8 Å². The van der Waals surface area contributed by atoms with E-state index in [2.05, 4.69) is 0 Å². The van der Waals surface area contributed by atoms with Crippen LogP contribution in [-0.2, 0) is 14.4 Å². The molecule has 1 aromatic carbocycles. The lowest BCUT2D eigenvalue weighted by Gasteiger charge is -2.36. The van der Waals surface area contributed by atoms with E-state index >= 15 is 0 Å². The van der Waals surface area contributed by atoms with Crippen LogP contribution in [0, 0.1) is 11.8 Å². The van der Waals surface area contributed by atoms with Crippen molar-refractivity contribution in [2.75, 3.05) is 32.7 Å². The number of benzene rings is 1. The predicted molar refractivity (Wildman–Crippen MR) is 103 cm³/mol. The zero-order valence-electron chi connectivity index (χ0n) is 16.4. The van der Waals surface area contributed by atoms with Gasteiger partial charge in [-0.15, -0.1) is 0 Å². The van der Waals surface area contributed by atoms with Crippen molar-refractivity contribution >= 4 is 17.7 Å². The van der Waals surface area contributed by atoms with E-state index in [4.69, 9.17) is 0 Å². The third-order valence-corrected chi connectivity index (χ3v) is 5.65. The average molecular weight is 371 g/mol. The van der Waals surface area contributed by atoms with E-state index in [9.17, 15) is 14.4 Å². The number of likely N-dealkylation sites (tertiary alicyclic amines) is 1. The van der Waals surface area contributed by atoms with Gasteiger partial charge in [0.25, 0.3) is 0 Å². The van der Waals surface area contributed by atoms with E-state index in [0.29, 0.717) is 32.7 Å². The van der Waals surface area contributed by atoms with Crippen molar-refractivity contribution in [3.63, 3.8) is 0 Å². The SMILES string of the molecule is CC(C)C(=O)N1CCN(C(=O)[C@H]2CC(=O)N([C@H](C)c3ccccc3)C2)CC1. The molecule has 0 aliphatic carbocycles. The van der Waals surface area contributed by atoms with E-state index in [0.717, 1.165) is 5.56 Å². The molecular weight excluding hydrogens is 342 g/mol. The normalized spacial score (nSPS) is 21.7. The lowest BCUT2D eigenvalue weighted by molar-refractivity contribution is -0.143.